The molecule has 0 radical (unpaired) electrons. The van der Waals surface area contributed by atoms with E-state index in [1.54, 1.807) is 24.4 Å². The van der Waals surface area contributed by atoms with Gasteiger partial charge in [-0.15, -0.1) is 0 Å². The number of pyridine rings is 1. The Kier molecular flexibility index (Phi) is 10.8. The first kappa shape index (κ1) is 38.5. The maximum absolute atomic E-state index is 13.4. The minimum Gasteiger partial charge on any atom is -0.379 e. The van der Waals surface area contributed by atoms with Crippen LogP contribution in [0.3, 0.4) is 0 Å². The lowest BCUT2D eigenvalue weighted by atomic mass is 9.95. The number of amides is 2. The second kappa shape index (κ2) is 16.3. The van der Waals surface area contributed by atoms with E-state index in [-0.39, 0.29) is 22.4 Å². The number of carbonyl (C=O) groups is 2. The zero-order valence-electron chi connectivity index (χ0n) is 32.6. The molecule has 0 spiro atoms. The van der Waals surface area contributed by atoms with Gasteiger partial charge in [0.05, 0.1) is 27.6 Å². The SMILES string of the molecule is O=C1c2ccc(N3CCC(CN4CCN(CCN5CCN(c6cc(-c7n[nH]c8ccc([N+](=O)[O-])cc78)ccn6)CC5)CC4)CC3)cc2C(=O)N1C1CCC(O)NC1O. The summed E-state index contributed by atoms with van der Waals surface area (Å²) in [5, 5.41) is 42.4. The van der Waals surface area contributed by atoms with Gasteiger partial charge in [-0.2, -0.15) is 5.10 Å². The summed E-state index contributed by atoms with van der Waals surface area (Å²) in [6, 6.07) is 13.5. The zero-order chi connectivity index (χ0) is 39.9. The van der Waals surface area contributed by atoms with Gasteiger partial charge in [0.2, 0.25) is 0 Å². The van der Waals surface area contributed by atoms with Gasteiger partial charge < -0.3 is 24.9 Å². The van der Waals surface area contributed by atoms with Crippen molar-refractivity contribution in [3.63, 3.8) is 0 Å². The second-order valence-corrected chi connectivity index (χ2v) is 16.3. The molecular weight excluding hydrogens is 743 g/mol. The van der Waals surface area contributed by atoms with Gasteiger partial charge in [-0.25, -0.2) is 4.98 Å². The van der Waals surface area contributed by atoms with E-state index in [4.69, 9.17) is 0 Å². The zero-order valence-corrected chi connectivity index (χ0v) is 32.6. The molecular formula is C41H51N11O6. The van der Waals surface area contributed by atoms with Crippen molar-refractivity contribution in [2.45, 2.75) is 44.2 Å². The van der Waals surface area contributed by atoms with E-state index >= 15 is 0 Å². The first-order chi connectivity index (χ1) is 28.2. The van der Waals surface area contributed by atoms with E-state index in [0.717, 1.165) is 131 Å². The van der Waals surface area contributed by atoms with Crippen LogP contribution in [0.1, 0.15) is 46.4 Å². The van der Waals surface area contributed by atoms with Crippen molar-refractivity contribution in [1.29, 1.82) is 0 Å². The van der Waals surface area contributed by atoms with Crippen molar-refractivity contribution < 1.29 is 24.7 Å². The molecule has 7 heterocycles. The maximum atomic E-state index is 13.4. The van der Waals surface area contributed by atoms with Crippen molar-refractivity contribution >= 4 is 39.9 Å². The van der Waals surface area contributed by atoms with Gasteiger partial charge in [0.25, 0.3) is 17.5 Å². The molecule has 306 valence electrons. The number of benzene rings is 2. The summed E-state index contributed by atoms with van der Waals surface area (Å²) >= 11 is 0. The summed E-state index contributed by atoms with van der Waals surface area (Å²) in [6.07, 6.45) is 2.63. The average Bonchev–Trinajstić information content (AvgIpc) is 3.78. The number of rotatable bonds is 10. The summed E-state index contributed by atoms with van der Waals surface area (Å²) < 4.78 is 0. The van der Waals surface area contributed by atoms with Gasteiger partial charge >= 0.3 is 0 Å². The molecule has 58 heavy (non-hydrogen) atoms. The smallest absolute Gasteiger partial charge is 0.270 e. The Labute approximate surface area is 336 Å². The summed E-state index contributed by atoms with van der Waals surface area (Å²) in [7, 11) is 0. The first-order valence-corrected chi connectivity index (χ1v) is 20.6. The van der Waals surface area contributed by atoms with E-state index in [1.165, 1.54) is 6.07 Å². The number of aliphatic hydroxyl groups is 2. The van der Waals surface area contributed by atoms with Crippen LogP contribution in [-0.4, -0.2) is 165 Å². The number of carbonyl (C=O) groups excluding carboxylic acids is 2. The molecule has 2 aromatic carbocycles. The average molecular weight is 794 g/mol. The lowest BCUT2D eigenvalue weighted by Gasteiger charge is -2.40. The minimum atomic E-state index is -1.16. The van der Waals surface area contributed by atoms with Crippen LogP contribution in [0.15, 0.2) is 54.7 Å². The van der Waals surface area contributed by atoms with Crippen LogP contribution in [0.5, 0.6) is 0 Å². The molecule has 5 aliphatic rings. The highest BCUT2D eigenvalue weighted by atomic mass is 16.6. The first-order valence-electron chi connectivity index (χ1n) is 20.6. The number of non-ortho nitro benzene ring substituents is 1. The number of imide groups is 1. The molecule has 0 bridgehead atoms. The lowest BCUT2D eigenvalue weighted by molar-refractivity contribution is -0.384. The Hall–Kier alpha value is -5.04. The Bertz CT molecular complexity index is 2160. The molecule has 17 nitrogen and oxygen atoms in total. The largest absolute Gasteiger partial charge is 0.379 e. The number of nitrogens with zero attached hydrogens (tertiary/aromatic N) is 9. The topological polar surface area (TPSA) is 191 Å². The third kappa shape index (κ3) is 7.77. The molecule has 9 rings (SSSR count). The van der Waals surface area contributed by atoms with Crippen LogP contribution in [-0.2, 0) is 0 Å². The quantitative estimate of drug-likeness (QED) is 0.104. The molecule has 17 heteroatoms. The molecule has 2 aromatic heterocycles. The van der Waals surface area contributed by atoms with Crippen LogP contribution in [0, 0.1) is 16.0 Å². The number of nitro groups is 1. The Morgan fingerprint density at radius 3 is 2.19 bits per heavy atom. The monoisotopic (exact) mass is 793 g/mol. The number of fused-ring (bicyclic) bond motifs is 2. The highest BCUT2D eigenvalue weighted by Gasteiger charge is 2.44. The van der Waals surface area contributed by atoms with Crippen molar-refractivity contribution in [2.75, 3.05) is 94.9 Å². The molecule has 0 aliphatic carbocycles. The number of piperazine rings is 2. The highest BCUT2D eigenvalue weighted by molar-refractivity contribution is 6.22. The standard InChI is InChI=1S/C41H51N11O6/c53-37-6-5-35(39(54)43-37)51-40(55)31-3-1-29(24-32(31)41(51)56)49-11-8-27(9-12-49)26-48-17-15-46(16-18-48)13-14-47-19-21-50(22-20-47)36-23-28(7-10-42-36)38-33-25-30(52(57)58)2-4-34(33)44-45-38/h1-4,7,10,23-25,27,35,37,39,43,53-54H,5-6,8-9,11-22,26H2,(H,44,45). The number of aromatic nitrogens is 3. The van der Waals surface area contributed by atoms with Gasteiger partial charge in [-0.05, 0) is 68.0 Å². The van der Waals surface area contributed by atoms with E-state index in [2.05, 4.69) is 45.0 Å². The van der Waals surface area contributed by atoms with Crippen LogP contribution >= 0.6 is 0 Å². The summed E-state index contributed by atoms with van der Waals surface area (Å²) in [5.74, 6) is 0.751. The third-order valence-corrected chi connectivity index (χ3v) is 12.9. The highest BCUT2D eigenvalue weighted by Crippen LogP contribution is 2.34. The minimum absolute atomic E-state index is 0.0408. The van der Waals surface area contributed by atoms with Crippen LogP contribution in [0.25, 0.3) is 22.2 Å². The van der Waals surface area contributed by atoms with Gasteiger partial charge in [0.15, 0.2) is 0 Å². The van der Waals surface area contributed by atoms with Gasteiger partial charge in [0.1, 0.15) is 24.0 Å². The Morgan fingerprint density at radius 1 is 0.759 bits per heavy atom. The van der Waals surface area contributed by atoms with E-state index in [9.17, 15) is 29.9 Å². The fraction of sp³-hybridized carbons (Fsp3) is 0.512. The van der Waals surface area contributed by atoms with Crippen molar-refractivity contribution in [2.24, 2.45) is 5.92 Å². The molecule has 3 unspecified atom stereocenters. The normalized spacial score (nSPS) is 24.2. The van der Waals surface area contributed by atoms with E-state index < -0.39 is 18.5 Å². The van der Waals surface area contributed by atoms with Crippen LogP contribution in [0.2, 0.25) is 0 Å². The number of aromatic amines is 1. The molecule has 0 saturated carbocycles. The molecule has 4 N–H and O–H groups in total. The Morgan fingerprint density at radius 2 is 1.47 bits per heavy atom. The number of H-pyrrole nitrogens is 1. The van der Waals surface area contributed by atoms with Crippen molar-refractivity contribution in [3.05, 3.63) is 76.0 Å². The summed E-state index contributed by atoms with van der Waals surface area (Å²) in [5.41, 5.74) is 4.08. The fourth-order valence-corrected chi connectivity index (χ4v) is 9.39. The fourth-order valence-electron chi connectivity index (χ4n) is 9.39. The van der Waals surface area contributed by atoms with Gasteiger partial charge in [0, 0.05) is 120 Å². The number of anilines is 2. The van der Waals surface area contributed by atoms with Crippen molar-refractivity contribution in [1.82, 2.24) is 40.1 Å². The molecule has 4 fully saturated rings. The lowest BCUT2D eigenvalue weighted by Crippen LogP contribution is -2.58. The number of aliphatic hydroxyl groups excluding tert-OH is 2. The van der Waals surface area contributed by atoms with Crippen molar-refractivity contribution in [3.8, 4) is 11.3 Å². The summed E-state index contributed by atoms with van der Waals surface area (Å²) in [6.45, 7) is 13.0. The van der Waals surface area contributed by atoms with E-state index in [1.807, 2.05) is 24.3 Å². The Balaban J connectivity index is 0.696. The molecule has 5 aliphatic heterocycles. The molecule has 4 aromatic rings. The van der Waals surface area contributed by atoms with E-state index in [0.29, 0.717) is 35.6 Å². The van der Waals surface area contributed by atoms with Gasteiger partial charge in [-0.1, -0.05) is 0 Å². The number of hydrogen-bond acceptors (Lipinski definition) is 14. The third-order valence-electron chi connectivity index (χ3n) is 12.9. The predicted octanol–water partition coefficient (Wildman–Crippen LogP) is 2.17. The number of nitro benzene ring substituents is 1. The number of hydrogen-bond donors (Lipinski definition) is 4. The van der Waals surface area contributed by atoms with Gasteiger partial charge in [-0.3, -0.25) is 44.8 Å². The van der Waals surface area contributed by atoms with Crippen LogP contribution in [0.4, 0.5) is 17.2 Å². The second-order valence-electron chi connectivity index (χ2n) is 16.3. The maximum Gasteiger partial charge on any atom is 0.270 e. The molecule has 2 amide bonds. The number of piperidine rings is 2. The van der Waals surface area contributed by atoms with Crippen LogP contribution < -0.4 is 15.1 Å². The predicted molar refractivity (Wildman–Crippen MR) is 218 cm³/mol. The number of nitrogens with one attached hydrogen (secondary N) is 2. The molecule has 4 saturated heterocycles. The molecule has 3 atom stereocenters. The summed E-state index contributed by atoms with van der Waals surface area (Å²) in [4.78, 5) is 55.7.